The van der Waals surface area contributed by atoms with Gasteiger partial charge in [-0.05, 0) is 39.5 Å². The van der Waals surface area contributed by atoms with E-state index in [1.807, 2.05) is 0 Å². The van der Waals surface area contributed by atoms with Crippen LogP contribution in [0.15, 0.2) is 0 Å². The number of aliphatic hydroxyl groups excluding tert-OH is 3. The molecule has 1 aliphatic carbocycles. The van der Waals surface area contributed by atoms with Crippen molar-refractivity contribution in [2.45, 2.75) is 104 Å². The molecule has 1 aliphatic rings. The first-order valence-electron chi connectivity index (χ1n) is 11.4. The summed E-state index contributed by atoms with van der Waals surface area (Å²) in [6.45, 7) is 7.66. The SMILES string of the molecule is CCCCCOC(=O)C1CC(O)C(N(C(C)O)C(C)O)CC1C(=O)OCCCCC. The molecule has 0 saturated heterocycles. The van der Waals surface area contributed by atoms with Crippen molar-refractivity contribution >= 4 is 11.9 Å². The minimum absolute atomic E-state index is 0.0158. The second-order valence-electron chi connectivity index (χ2n) is 8.28. The van der Waals surface area contributed by atoms with Crippen molar-refractivity contribution in [1.29, 1.82) is 0 Å². The van der Waals surface area contributed by atoms with Gasteiger partial charge in [0.15, 0.2) is 0 Å². The minimum Gasteiger partial charge on any atom is -0.465 e. The van der Waals surface area contributed by atoms with Crippen molar-refractivity contribution in [2.75, 3.05) is 13.2 Å². The van der Waals surface area contributed by atoms with Gasteiger partial charge in [0.05, 0.1) is 31.2 Å². The van der Waals surface area contributed by atoms with Gasteiger partial charge in [-0.3, -0.25) is 9.59 Å². The zero-order valence-corrected chi connectivity index (χ0v) is 19.0. The van der Waals surface area contributed by atoms with Crippen molar-refractivity contribution in [3.8, 4) is 0 Å². The van der Waals surface area contributed by atoms with Gasteiger partial charge in [-0.15, -0.1) is 0 Å². The summed E-state index contributed by atoms with van der Waals surface area (Å²) in [4.78, 5) is 26.9. The zero-order chi connectivity index (χ0) is 22.7. The summed E-state index contributed by atoms with van der Waals surface area (Å²) >= 11 is 0. The topological polar surface area (TPSA) is 117 Å². The fourth-order valence-electron chi connectivity index (χ4n) is 4.13. The van der Waals surface area contributed by atoms with Crippen molar-refractivity contribution in [2.24, 2.45) is 11.8 Å². The molecule has 0 amide bonds. The molecule has 0 heterocycles. The minimum atomic E-state index is -1.02. The molecule has 176 valence electrons. The molecule has 6 unspecified atom stereocenters. The standard InChI is InChI=1S/C22H41NO7/c1-5-7-9-11-29-21(27)17-13-19(23(15(3)24)16(4)25)20(26)14-18(17)22(28)30-12-10-8-6-2/h15-20,24-26H,5-14H2,1-4H3. The van der Waals surface area contributed by atoms with E-state index in [2.05, 4.69) is 13.8 Å². The van der Waals surface area contributed by atoms with E-state index in [9.17, 15) is 24.9 Å². The predicted molar refractivity (Wildman–Crippen MR) is 112 cm³/mol. The van der Waals surface area contributed by atoms with Crippen LogP contribution < -0.4 is 0 Å². The molecule has 1 fully saturated rings. The van der Waals surface area contributed by atoms with E-state index in [0.717, 1.165) is 38.5 Å². The fraction of sp³-hybridized carbons (Fsp3) is 0.909. The molecular weight excluding hydrogens is 390 g/mol. The number of esters is 2. The average Bonchev–Trinajstić information content (AvgIpc) is 2.68. The second kappa shape index (κ2) is 14.0. The number of rotatable bonds is 13. The molecule has 0 spiro atoms. The predicted octanol–water partition coefficient (Wildman–Crippen LogP) is 2.19. The summed E-state index contributed by atoms with van der Waals surface area (Å²) in [6.07, 6.45) is 2.47. The van der Waals surface area contributed by atoms with E-state index in [0.29, 0.717) is 0 Å². The van der Waals surface area contributed by atoms with Gasteiger partial charge < -0.3 is 24.8 Å². The number of hydrogen-bond acceptors (Lipinski definition) is 8. The Bertz CT molecular complexity index is 504. The maximum Gasteiger partial charge on any atom is 0.309 e. The van der Waals surface area contributed by atoms with Crippen LogP contribution >= 0.6 is 0 Å². The molecule has 0 aromatic heterocycles. The number of carbonyl (C=O) groups excluding carboxylic acids is 2. The van der Waals surface area contributed by atoms with Crippen molar-refractivity contribution in [3.05, 3.63) is 0 Å². The zero-order valence-electron chi connectivity index (χ0n) is 19.0. The molecule has 0 bridgehead atoms. The third-order valence-corrected chi connectivity index (χ3v) is 5.76. The lowest BCUT2D eigenvalue weighted by Gasteiger charge is -2.44. The van der Waals surface area contributed by atoms with Crippen LogP contribution in [-0.4, -0.2) is 70.0 Å². The lowest BCUT2D eigenvalue weighted by Crippen LogP contribution is -2.57. The lowest BCUT2D eigenvalue weighted by atomic mass is 9.74. The van der Waals surface area contributed by atoms with Crippen LogP contribution in [0.25, 0.3) is 0 Å². The van der Waals surface area contributed by atoms with Gasteiger partial charge in [0.1, 0.15) is 12.5 Å². The van der Waals surface area contributed by atoms with Crippen molar-refractivity contribution < 1.29 is 34.4 Å². The Kier molecular flexibility index (Phi) is 12.5. The third-order valence-electron chi connectivity index (χ3n) is 5.76. The second-order valence-corrected chi connectivity index (χ2v) is 8.28. The highest BCUT2D eigenvalue weighted by molar-refractivity contribution is 5.82. The number of nitrogens with zero attached hydrogens (tertiary/aromatic N) is 1. The highest BCUT2D eigenvalue weighted by Crippen LogP contribution is 2.36. The number of ether oxygens (including phenoxy) is 2. The van der Waals surface area contributed by atoms with E-state index >= 15 is 0 Å². The van der Waals surface area contributed by atoms with Gasteiger partial charge in [-0.25, -0.2) is 4.90 Å². The first kappa shape index (κ1) is 26.8. The van der Waals surface area contributed by atoms with E-state index in [1.165, 1.54) is 18.7 Å². The number of hydrogen-bond donors (Lipinski definition) is 3. The summed E-state index contributed by atoms with van der Waals surface area (Å²) in [5.41, 5.74) is 0. The lowest BCUT2D eigenvalue weighted by molar-refractivity contribution is -0.179. The maximum atomic E-state index is 12.8. The Balaban J connectivity index is 2.94. The first-order valence-corrected chi connectivity index (χ1v) is 11.4. The fourth-order valence-corrected chi connectivity index (χ4v) is 4.13. The van der Waals surface area contributed by atoms with E-state index in [4.69, 9.17) is 9.47 Å². The summed E-state index contributed by atoms with van der Waals surface area (Å²) in [7, 11) is 0. The van der Waals surface area contributed by atoms with Crippen molar-refractivity contribution in [1.82, 2.24) is 4.90 Å². The highest BCUT2D eigenvalue weighted by Gasteiger charge is 2.48. The van der Waals surface area contributed by atoms with E-state index in [1.54, 1.807) is 0 Å². The Hall–Kier alpha value is -1.22. The van der Waals surface area contributed by atoms with Gasteiger partial charge in [0.2, 0.25) is 0 Å². The van der Waals surface area contributed by atoms with E-state index < -0.39 is 48.4 Å². The molecule has 1 rings (SSSR count). The summed E-state index contributed by atoms with van der Waals surface area (Å²) < 4.78 is 10.8. The molecule has 8 heteroatoms. The van der Waals surface area contributed by atoms with Gasteiger partial charge >= 0.3 is 11.9 Å². The number of unbranched alkanes of at least 4 members (excludes halogenated alkanes) is 4. The van der Waals surface area contributed by atoms with E-state index in [-0.39, 0.29) is 26.1 Å². The molecule has 0 aromatic carbocycles. The van der Waals surface area contributed by atoms with Crippen LogP contribution in [0.3, 0.4) is 0 Å². The molecular formula is C22H41NO7. The van der Waals surface area contributed by atoms with Crippen LogP contribution in [0.5, 0.6) is 0 Å². The van der Waals surface area contributed by atoms with Crippen LogP contribution in [0.4, 0.5) is 0 Å². The Labute approximate surface area is 180 Å². The Morgan fingerprint density at radius 2 is 1.30 bits per heavy atom. The van der Waals surface area contributed by atoms with Gasteiger partial charge in [0.25, 0.3) is 0 Å². The third kappa shape index (κ3) is 8.13. The van der Waals surface area contributed by atoms with Crippen LogP contribution in [0.1, 0.15) is 79.1 Å². The molecule has 1 saturated carbocycles. The van der Waals surface area contributed by atoms with Gasteiger partial charge in [-0.1, -0.05) is 39.5 Å². The molecule has 0 aliphatic heterocycles. The first-order chi connectivity index (χ1) is 14.2. The van der Waals surface area contributed by atoms with Crippen LogP contribution in [-0.2, 0) is 19.1 Å². The molecule has 0 aromatic rings. The van der Waals surface area contributed by atoms with Crippen LogP contribution in [0.2, 0.25) is 0 Å². The van der Waals surface area contributed by atoms with Gasteiger partial charge in [0, 0.05) is 6.04 Å². The average molecular weight is 432 g/mol. The molecule has 30 heavy (non-hydrogen) atoms. The molecule has 0 radical (unpaired) electrons. The van der Waals surface area contributed by atoms with Crippen LogP contribution in [0, 0.1) is 11.8 Å². The quantitative estimate of drug-likeness (QED) is 0.231. The molecule has 3 N–H and O–H groups in total. The monoisotopic (exact) mass is 431 g/mol. The largest absolute Gasteiger partial charge is 0.465 e. The van der Waals surface area contributed by atoms with Gasteiger partial charge in [-0.2, -0.15) is 0 Å². The molecule has 8 nitrogen and oxygen atoms in total. The smallest absolute Gasteiger partial charge is 0.309 e. The number of carbonyl (C=O) groups is 2. The highest BCUT2D eigenvalue weighted by atomic mass is 16.5. The normalized spacial score (nSPS) is 26.3. The maximum absolute atomic E-state index is 12.8. The number of aliphatic hydroxyl groups is 3. The molecule has 6 atom stereocenters. The summed E-state index contributed by atoms with van der Waals surface area (Å²) in [6, 6.07) is -0.678. The summed E-state index contributed by atoms with van der Waals surface area (Å²) in [5.74, 6) is -2.59. The Morgan fingerprint density at radius 3 is 1.70 bits per heavy atom. The van der Waals surface area contributed by atoms with Crippen molar-refractivity contribution in [3.63, 3.8) is 0 Å². The Morgan fingerprint density at radius 1 is 0.867 bits per heavy atom. The summed E-state index contributed by atoms with van der Waals surface area (Å²) in [5, 5.41) is 30.8.